The van der Waals surface area contributed by atoms with Crippen molar-refractivity contribution in [2.75, 3.05) is 19.6 Å². The van der Waals surface area contributed by atoms with Crippen molar-refractivity contribution in [2.24, 2.45) is 5.92 Å². The number of sulfonamides is 1. The number of hydrogen-bond acceptors (Lipinski definition) is 4. The van der Waals surface area contributed by atoms with E-state index < -0.39 is 10.0 Å². The van der Waals surface area contributed by atoms with Crippen LogP contribution in [0.1, 0.15) is 44.5 Å². The van der Waals surface area contributed by atoms with Gasteiger partial charge in [0.05, 0.1) is 11.4 Å². The Morgan fingerprint density at radius 1 is 1.43 bits per heavy atom. The van der Waals surface area contributed by atoms with Crippen molar-refractivity contribution in [1.29, 1.82) is 0 Å². The first-order chi connectivity index (χ1) is 10.0. The number of H-pyrrole nitrogens is 1. The van der Waals surface area contributed by atoms with Gasteiger partial charge in [0, 0.05) is 19.6 Å². The molecule has 1 saturated heterocycles. The first-order valence-corrected chi connectivity index (χ1v) is 9.19. The molecule has 2 heterocycles. The predicted molar refractivity (Wildman–Crippen MR) is 82.5 cm³/mol. The van der Waals surface area contributed by atoms with E-state index in [2.05, 4.69) is 22.4 Å². The summed E-state index contributed by atoms with van der Waals surface area (Å²) < 4.78 is 27.4. The minimum absolute atomic E-state index is 0.362. The first kappa shape index (κ1) is 16.5. The summed E-state index contributed by atoms with van der Waals surface area (Å²) in [4.78, 5) is 0.362. The number of aromatic nitrogens is 2. The Kier molecular flexibility index (Phi) is 5.40. The average Bonchev–Trinajstić information content (AvgIpc) is 3.04. The first-order valence-electron chi connectivity index (χ1n) is 7.75. The zero-order valence-corrected chi connectivity index (χ0v) is 14.0. The van der Waals surface area contributed by atoms with Gasteiger partial charge in [0.2, 0.25) is 10.0 Å². The Balaban J connectivity index is 2.22. The summed E-state index contributed by atoms with van der Waals surface area (Å²) in [5.74, 6) is 0.495. The maximum Gasteiger partial charge on any atom is 0.246 e. The van der Waals surface area contributed by atoms with Crippen LogP contribution in [0, 0.1) is 12.8 Å². The molecule has 1 fully saturated rings. The lowest BCUT2D eigenvalue weighted by Crippen LogP contribution is -2.30. The van der Waals surface area contributed by atoms with Crippen LogP contribution in [-0.4, -0.2) is 42.6 Å². The molecule has 2 N–H and O–H groups in total. The van der Waals surface area contributed by atoms with Crippen LogP contribution < -0.4 is 5.32 Å². The third-order valence-electron chi connectivity index (χ3n) is 4.05. The van der Waals surface area contributed by atoms with Crippen molar-refractivity contribution in [3.8, 4) is 0 Å². The van der Waals surface area contributed by atoms with E-state index in [9.17, 15) is 8.42 Å². The summed E-state index contributed by atoms with van der Waals surface area (Å²) in [5, 5.41) is 10.1. The molecule has 0 spiro atoms. The molecule has 0 aromatic carbocycles. The van der Waals surface area contributed by atoms with E-state index in [1.165, 1.54) is 0 Å². The highest BCUT2D eigenvalue weighted by molar-refractivity contribution is 7.89. The van der Waals surface area contributed by atoms with Crippen molar-refractivity contribution in [2.45, 2.75) is 51.5 Å². The van der Waals surface area contributed by atoms with Crippen molar-refractivity contribution in [3.63, 3.8) is 0 Å². The average molecular weight is 314 g/mol. The highest BCUT2D eigenvalue weighted by Gasteiger charge is 2.35. The quantitative estimate of drug-likeness (QED) is 0.802. The van der Waals surface area contributed by atoms with Crippen LogP contribution in [0.5, 0.6) is 0 Å². The van der Waals surface area contributed by atoms with Gasteiger partial charge in [-0.05, 0) is 32.2 Å². The van der Waals surface area contributed by atoms with E-state index in [1.54, 1.807) is 11.2 Å². The number of hydrogen-bond donors (Lipinski definition) is 2. The van der Waals surface area contributed by atoms with Gasteiger partial charge < -0.3 is 5.32 Å². The molecule has 0 amide bonds. The third kappa shape index (κ3) is 3.46. The Morgan fingerprint density at radius 3 is 2.86 bits per heavy atom. The molecule has 1 atom stereocenters. The molecule has 1 unspecified atom stereocenters. The van der Waals surface area contributed by atoms with Crippen molar-refractivity contribution in [3.05, 3.63) is 11.4 Å². The van der Waals surface area contributed by atoms with E-state index in [-0.39, 0.29) is 0 Å². The molecule has 1 aliphatic heterocycles. The van der Waals surface area contributed by atoms with Crippen LogP contribution in [0.4, 0.5) is 0 Å². The Hall–Kier alpha value is -0.920. The fourth-order valence-corrected chi connectivity index (χ4v) is 4.82. The van der Waals surface area contributed by atoms with Gasteiger partial charge in [-0.3, -0.25) is 5.10 Å². The number of aryl methyl sites for hydroxylation is 1. The fraction of sp³-hybridized carbons (Fsp3) is 0.786. The van der Waals surface area contributed by atoms with E-state index >= 15 is 0 Å². The molecular weight excluding hydrogens is 288 g/mol. The summed E-state index contributed by atoms with van der Waals surface area (Å²) in [6.45, 7) is 8.43. The molecule has 1 aromatic rings. The second kappa shape index (κ2) is 6.89. The van der Waals surface area contributed by atoms with Crippen molar-refractivity contribution in [1.82, 2.24) is 19.8 Å². The highest BCUT2D eigenvalue weighted by Crippen LogP contribution is 2.29. The van der Waals surface area contributed by atoms with E-state index in [4.69, 9.17) is 0 Å². The zero-order chi connectivity index (χ0) is 15.5. The molecule has 6 nitrogen and oxygen atoms in total. The van der Waals surface area contributed by atoms with E-state index in [1.807, 2.05) is 6.92 Å². The normalized spacial score (nSPS) is 20.2. The maximum atomic E-state index is 12.9. The lowest BCUT2D eigenvalue weighted by Gasteiger charge is -2.17. The number of nitrogens with one attached hydrogen (secondary N) is 2. The molecule has 1 aromatic heterocycles. The Morgan fingerprint density at radius 2 is 2.19 bits per heavy atom. The summed E-state index contributed by atoms with van der Waals surface area (Å²) in [5.41, 5.74) is 1.22. The Bertz CT molecular complexity index is 568. The molecule has 1 aliphatic rings. The van der Waals surface area contributed by atoms with Crippen LogP contribution in [0.15, 0.2) is 4.90 Å². The molecule has 0 radical (unpaired) electrons. The molecule has 0 aliphatic carbocycles. The minimum atomic E-state index is -3.44. The smallest absolute Gasteiger partial charge is 0.246 e. The maximum absolute atomic E-state index is 12.9. The summed E-state index contributed by atoms with van der Waals surface area (Å²) >= 11 is 0. The molecule has 0 bridgehead atoms. The number of rotatable bonds is 7. The summed E-state index contributed by atoms with van der Waals surface area (Å²) in [6, 6.07) is 0. The predicted octanol–water partition coefficient (Wildman–Crippen LogP) is 1.64. The van der Waals surface area contributed by atoms with Gasteiger partial charge in [0.25, 0.3) is 0 Å². The van der Waals surface area contributed by atoms with Crippen LogP contribution in [0.2, 0.25) is 0 Å². The van der Waals surface area contributed by atoms with Gasteiger partial charge >= 0.3 is 0 Å². The van der Waals surface area contributed by atoms with Gasteiger partial charge in [-0.15, -0.1) is 0 Å². The monoisotopic (exact) mass is 314 g/mol. The van der Waals surface area contributed by atoms with Crippen LogP contribution >= 0.6 is 0 Å². The highest BCUT2D eigenvalue weighted by atomic mass is 32.2. The lowest BCUT2D eigenvalue weighted by molar-refractivity contribution is 0.443. The van der Waals surface area contributed by atoms with Crippen molar-refractivity contribution < 1.29 is 8.42 Å². The fourth-order valence-electron chi connectivity index (χ4n) is 2.96. The Labute approximate surface area is 127 Å². The van der Waals surface area contributed by atoms with Crippen molar-refractivity contribution >= 4 is 10.0 Å². The third-order valence-corrected chi connectivity index (χ3v) is 6.12. The number of nitrogens with zero attached hydrogens (tertiary/aromatic N) is 2. The minimum Gasteiger partial charge on any atom is -0.311 e. The van der Waals surface area contributed by atoms with Gasteiger partial charge in [0.15, 0.2) is 0 Å². The van der Waals surface area contributed by atoms with E-state index in [0.29, 0.717) is 41.8 Å². The topological polar surface area (TPSA) is 78.1 Å². The van der Waals surface area contributed by atoms with Crippen LogP contribution in [0.25, 0.3) is 0 Å². The zero-order valence-electron chi connectivity index (χ0n) is 13.1. The second-order valence-corrected chi connectivity index (χ2v) is 7.59. The van der Waals surface area contributed by atoms with Gasteiger partial charge in [-0.25, -0.2) is 8.42 Å². The standard InChI is InChI=1S/C14H26N4O2S/c1-4-6-12-7-8-18(10-12)21(19,20)14-11(3)16-17-13(14)9-15-5-2/h12,15H,4-10H2,1-3H3,(H,16,17). The molecule has 0 saturated carbocycles. The second-order valence-electron chi connectivity index (χ2n) is 5.71. The number of aromatic amines is 1. The van der Waals surface area contributed by atoms with Crippen LogP contribution in [-0.2, 0) is 16.6 Å². The van der Waals surface area contributed by atoms with Crippen LogP contribution in [0.3, 0.4) is 0 Å². The lowest BCUT2D eigenvalue weighted by atomic mass is 10.0. The SMILES string of the molecule is CCCC1CCN(S(=O)(=O)c2c(CNCC)n[nH]c2C)C1. The summed E-state index contributed by atoms with van der Waals surface area (Å²) in [6.07, 6.45) is 3.17. The van der Waals surface area contributed by atoms with Gasteiger partial charge in [-0.2, -0.15) is 9.40 Å². The summed E-state index contributed by atoms with van der Waals surface area (Å²) in [7, 11) is -3.44. The molecule has 21 heavy (non-hydrogen) atoms. The molecular formula is C14H26N4O2S. The van der Waals surface area contributed by atoms with Gasteiger partial charge in [-0.1, -0.05) is 20.3 Å². The molecule has 2 rings (SSSR count). The molecule has 7 heteroatoms. The largest absolute Gasteiger partial charge is 0.311 e. The molecule has 120 valence electrons. The van der Waals surface area contributed by atoms with E-state index in [0.717, 1.165) is 25.8 Å². The van der Waals surface area contributed by atoms with Gasteiger partial charge in [0.1, 0.15) is 4.90 Å².